The van der Waals surface area contributed by atoms with E-state index in [9.17, 15) is 50.4 Å². The largest absolute Gasteiger partial charge is 0.459 e. The predicted octanol–water partition coefficient (Wildman–Crippen LogP) is 11.2. The van der Waals surface area contributed by atoms with Gasteiger partial charge in [-0.1, -0.05) is 67.7 Å². The van der Waals surface area contributed by atoms with E-state index in [0.717, 1.165) is 85.1 Å². The zero-order valence-corrected chi connectivity index (χ0v) is 47.6. The van der Waals surface area contributed by atoms with Crippen molar-refractivity contribution in [2.45, 2.75) is 171 Å². The van der Waals surface area contributed by atoms with Crippen LogP contribution in [0.4, 0.5) is 0 Å². The summed E-state index contributed by atoms with van der Waals surface area (Å²) in [4.78, 5) is 27.6. The Morgan fingerprint density at radius 1 is 0.533 bits per heavy atom. The highest BCUT2D eigenvalue weighted by Crippen LogP contribution is 2.43. The maximum absolute atomic E-state index is 12.3. The minimum Gasteiger partial charge on any atom is -0.459 e. The van der Waals surface area contributed by atoms with Gasteiger partial charge in [-0.25, -0.2) is 9.59 Å². The quantitative estimate of drug-likeness (QED) is 0.0218. The van der Waals surface area contributed by atoms with Crippen LogP contribution in [0.1, 0.15) is 126 Å². The highest BCUT2D eigenvalue weighted by Gasteiger charge is 2.42. The number of carbonyl (C=O) groups excluding carboxylic acids is 2. The van der Waals surface area contributed by atoms with Gasteiger partial charge in [-0.2, -0.15) is 0 Å². The number of carbonyl (C=O) groups is 2. The second-order valence-corrected chi connectivity index (χ2v) is 24.7. The molecule has 2 aromatic carbocycles. The van der Waals surface area contributed by atoms with Gasteiger partial charge in [-0.05, 0) is 185 Å². The molecule has 2 fully saturated rings. The number of aliphatic hydroxyl groups excluding tert-OH is 8. The normalized spacial score (nSPS) is 23.8. The van der Waals surface area contributed by atoms with Crippen LogP contribution in [0.2, 0.25) is 20.1 Å². The van der Waals surface area contributed by atoms with Crippen LogP contribution < -0.4 is 0 Å². The Morgan fingerprint density at radius 2 is 0.880 bits per heavy atom. The Balaban J connectivity index is 0.000000320. The monoisotopic (exact) mass is 1200 g/mol. The molecule has 420 valence electrons. The van der Waals surface area contributed by atoms with E-state index < -0.39 is 74.0 Å². The molecule has 0 spiro atoms. The fourth-order valence-corrected chi connectivity index (χ4v) is 14.0. The van der Waals surface area contributed by atoms with E-state index in [0.29, 0.717) is 42.7 Å². The molecular weight excluding hydrogens is 1130 g/mol. The van der Waals surface area contributed by atoms with Crippen molar-refractivity contribution < 1.29 is 59.9 Å². The third-order valence-electron chi connectivity index (χ3n) is 14.2. The molecule has 8 N–H and O–H groups in total. The zero-order valence-electron chi connectivity index (χ0n) is 41.5. The van der Waals surface area contributed by atoms with Crippen molar-refractivity contribution >= 4 is 104 Å². The number of aliphatic hydroxyl groups is 8. The highest BCUT2D eigenvalue weighted by molar-refractivity contribution is 7.14. The molecule has 0 aliphatic heterocycles. The first-order valence-corrected chi connectivity index (χ1v) is 29.3. The summed E-state index contributed by atoms with van der Waals surface area (Å²) in [5, 5.41) is 82.2. The standard InChI is InChI=1S/2C27H35Cl3O6S.CH4/c2*1-2-22(31)26(34)24(33)14-36-27(35)25-9-7-18(37-25)4-3-5-19-20(23(32)13-21(19)30)8-6-15-10-16(28)12-17(29)11-15;/h2*7,9-12,19-24,26,31-34H,2-6,8,13-14H2,1H3;1H4/t19-,20-,21-,22+,23-,24+,26+;19-,20-,21-,22-,23-,24+,26+;/m11./s1. The fourth-order valence-electron chi connectivity index (χ4n) is 9.97. The summed E-state index contributed by atoms with van der Waals surface area (Å²) in [6.07, 6.45) is 1.41. The van der Waals surface area contributed by atoms with Gasteiger partial charge in [0.15, 0.2) is 0 Å². The van der Waals surface area contributed by atoms with E-state index in [2.05, 4.69) is 0 Å². The van der Waals surface area contributed by atoms with Crippen molar-refractivity contribution in [2.24, 2.45) is 23.7 Å². The van der Waals surface area contributed by atoms with E-state index in [1.165, 1.54) is 22.7 Å². The summed E-state index contributed by atoms with van der Waals surface area (Å²) in [5.74, 6) is -0.558. The number of aryl methyl sites for hydroxylation is 4. The molecule has 20 heteroatoms. The van der Waals surface area contributed by atoms with E-state index in [4.69, 9.17) is 79.1 Å². The van der Waals surface area contributed by atoms with Gasteiger partial charge in [0.05, 0.1) is 24.4 Å². The van der Waals surface area contributed by atoms with E-state index >= 15 is 0 Å². The number of thiophene rings is 2. The Labute approximate surface area is 479 Å². The summed E-state index contributed by atoms with van der Waals surface area (Å²) < 4.78 is 10.2. The van der Waals surface area contributed by atoms with Crippen LogP contribution in [0.5, 0.6) is 0 Å². The Morgan fingerprint density at radius 3 is 1.21 bits per heavy atom. The Kier molecular flexibility index (Phi) is 28.4. The van der Waals surface area contributed by atoms with Crippen molar-refractivity contribution in [1.29, 1.82) is 0 Å². The van der Waals surface area contributed by atoms with E-state index in [1.54, 1.807) is 38.1 Å². The molecule has 0 saturated heterocycles. The SMILES string of the molecule is C.CC[C@@H](O)[C@H](O)[C@@H](O)COC(=O)c1ccc(CCC[C@@H]2[C@@H](CCc3cc(Cl)cc(Cl)c3)[C@H](O)C[C@H]2Cl)s1.CC[C@H](O)[C@H](O)[C@@H](O)COC(=O)c1ccc(CCC[C@@H]2[C@@H](CCc3cc(Cl)cc(Cl)c3)[C@H](O)C[C@H]2Cl)s1. The molecule has 0 amide bonds. The van der Waals surface area contributed by atoms with Gasteiger partial charge in [0.25, 0.3) is 0 Å². The molecule has 6 rings (SSSR count). The number of rotatable bonds is 26. The third-order valence-corrected chi connectivity index (χ3v) is 18.3. The van der Waals surface area contributed by atoms with Crippen LogP contribution >= 0.6 is 92.3 Å². The van der Waals surface area contributed by atoms with Gasteiger partial charge in [0.2, 0.25) is 0 Å². The summed E-state index contributed by atoms with van der Waals surface area (Å²) >= 11 is 40.4. The molecule has 0 unspecified atom stereocenters. The molecule has 2 aliphatic carbocycles. The third kappa shape index (κ3) is 20.4. The molecule has 12 nitrogen and oxygen atoms in total. The van der Waals surface area contributed by atoms with Gasteiger partial charge in [-0.15, -0.1) is 45.9 Å². The van der Waals surface area contributed by atoms with Gasteiger partial charge >= 0.3 is 11.9 Å². The summed E-state index contributed by atoms with van der Waals surface area (Å²) in [7, 11) is 0. The van der Waals surface area contributed by atoms with Gasteiger partial charge in [-0.3, -0.25) is 0 Å². The molecular formula is C55H74Cl6O12S2. The van der Waals surface area contributed by atoms with Crippen LogP contribution in [0.15, 0.2) is 60.7 Å². The molecule has 14 atom stereocenters. The van der Waals surface area contributed by atoms with Crippen LogP contribution in [0, 0.1) is 23.7 Å². The minimum absolute atomic E-state index is 0. The Hall–Kier alpha value is -1.80. The van der Waals surface area contributed by atoms with Crippen LogP contribution in [-0.2, 0) is 35.2 Å². The minimum atomic E-state index is -1.37. The molecule has 2 saturated carbocycles. The van der Waals surface area contributed by atoms with Crippen LogP contribution in [-0.4, -0.2) is 126 Å². The maximum Gasteiger partial charge on any atom is 0.348 e. The topological polar surface area (TPSA) is 214 Å². The number of ether oxygens (including phenoxy) is 2. The molecule has 0 bridgehead atoms. The lowest BCUT2D eigenvalue weighted by Crippen LogP contribution is -2.40. The smallest absolute Gasteiger partial charge is 0.348 e. The summed E-state index contributed by atoms with van der Waals surface area (Å²) in [6, 6.07) is 18.2. The number of alkyl halides is 2. The lowest BCUT2D eigenvalue weighted by atomic mass is 9.85. The first kappa shape index (κ1) is 65.7. The lowest BCUT2D eigenvalue weighted by Gasteiger charge is -2.23. The number of esters is 2. The summed E-state index contributed by atoms with van der Waals surface area (Å²) in [6.45, 7) is 2.57. The number of hydrogen-bond acceptors (Lipinski definition) is 14. The van der Waals surface area contributed by atoms with Gasteiger partial charge in [0, 0.05) is 40.6 Å². The lowest BCUT2D eigenvalue weighted by molar-refractivity contribution is -0.0802. The molecule has 2 heterocycles. The van der Waals surface area contributed by atoms with Crippen LogP contribution in [0.25, 0.3) is 0 Å². The van der Waals surface area contributed by atoms with Crippen molar-refractivity contribution in [3.05, 3.63) is 111 Å². The number of halogens is 6. The van der Waals surface area contributed by atoms with E-state index in [-0.39, 0.29) is 54.7 Å². The van der Waals surface area contributed by atoms with Crippen molar-refractivity contribution in [1.82, 2.24) is 0 Å². The second kappa shape index (κ2) is 32.5. The first-order valence-electron chi connectivity index (χ1n) is 25.3. The average molecular weight is 1200 g/mol. The van der Waals surface area contributed by atoms with Crippen molar-refractivity contribution in [3.8, 4) is 0 Å². The van der Waals surface area contributed by atoms with Crippen molar-refractivity contribution in [3.63, 3.8) is 0 Å². The number of hydrogen-bond donors (Lipinski definition) is 8. The first-order chi connectivity index (χ1) is 35.2. The second-order valence-electron chi connectivity index (χ2n) is 19.5. The van der Waals surface area contributed by atoms with Crippen molar-refractivity contribution in [2.75, 3.05) is 13.2 Å². The summed E-state index contributed by atoms with van der Waals surface area (Å²) in [5.41, 5.74) is 2.09. The fraction of sp³-hybridized carbons (Fsp3) is 0.600. The Bertz CT molecular complexity index is 2160. The van der Waals surface area contributed by atoms with Gasteiger partial charge in [0.1, 0.15) is 47.4 Å². The molecule has 2 aliphatic rings. The maximum atomic E-state index is 12.3. The average Bonchev–Trinajstić information content (AvgIpc) is 4.15. The molecule has 2 aromatic heterocycles. The molecule has 75 heavy (non-hydrogen) atoms. The van der Waals surface area contributed by atoms with Gasteiger partial charge < -0.3 is 50.3 Å². The molecule has 4 aromatic rings. The number of benzene rings is 2. The predicted molar refractivity (Wildman–Crippen MR) is 302 cm³/mol. The zero-order chi connectivity index (χ0) is 54.2. The van der Waals surface area contributed by atoms with E-state index in [1.807, 2.05) is 36.4 Å². The molecule has 0 radical (unpaired) electrons. The highest BCUT2D eigenvalue weighted by atomic mass is 35.5. The van der Waals surface area contributed by atoms with Crippen LogP contribution in [0.3, 0.4) is 0 Å².